The number of carbonyl (C=O) groups is 1. The molecule has 2 aliphatic rings. The topological polar surface area (TPSA) is 56.7 Å². The maximum Gasteiger partial charge on any atom is 0.222 e. The Bertz CT molecular complexity index is 312. The molecule has 1 aliphatic carbocycles. The van der Waals surface area contributed by atoms with Crippen LogP contribution in [0.15, 0.2) is 4.99 Å². The first-order valence-electron chi connectivity index (χ1n) is 6.40. The first kappa shape index (κ1) is 12.2. The number of nitrogens with one attached hydrogen (secondary N) is 2. The van der Waals surface area contributed by atoms with E-state index in [1.54, 1.807) is 7.05 Å². The maximum absolute atomic E-state index is 11.6. The van der Waals surface area contributed by atoms with Crippen molar-refractivity contribution in [2.45, 2.75) is 31.7 Å². The number of nitrogens with zero attached hydrogens (tertiary/aromatic N) is 2. The molecule has 0 radical (unpaired) electrons. The summed E-state index contributed by atoms with van der Waals surface area (Å²) in [5, 5.41) is 6.66. The molecule has 1 atom stereocenters. The summed E-state index contributed by atoms with van der Waals surface area (Å²) < 4.78 is 0. The predicted molar refractivity (Wildman–Crippen MR) is 67.9 cm³/mol. The van der Waals surface area contributed by atoms with Crippen molar-refractivity contribution in [3.05, 3.63) is 0 Å². The van der Waals surface area contributed by atoms with E-state index < -0.39 is 0 Å². The van der Waals surface area contributed by atoms with E-state index >= 15 is 0 Å². The molecule has 1 saturated heterocycles. The Morgan fingerprint density at radius 1 is 1.47 bits per heavy atom. The van der Waals surface area contributed by atoms with Crippen LogP contribution in [0.5, 0.6) is 0 Å². The molecule has 0 aromatic rings. The van der Waals surface area contributed by atoms with E-state index in [0.29, 0.717) is 18.4 Å². The highest BCUT2D eigenvalue weighted by atomic mass is 16.2. The van der Waals surface area contributed by atoms with E-state index in [-0.39, 0.29) is 5.91 Å². The Labute approximate surface area is 103 Å². The van der Waals surface area contributed by atoms with E-state index in [2.05, 4.69) is 15.6 Å². The molecule has 96 valence electrons. The van der Waals surface area contributed by atoms with Crippen molar-refractivity contribution in [1.82, 2.24) is 15.5 Å². The monoisotopic (exact) mass is 238 g/mol. The third-order valence-corrected chi connectivity index (χ3v) is 3.46. The number of piperidine rings is 1. The van der Waals surface area contributed by atoms with Crippen molar-refractivity contribution in [2.24, 2.45) is 10.9 Å². The van der Waals surface area contributed by atoms with Crippen LogP contribution in [0.3, 0.4) is 0 Å². The minimum absolute atomic E-state index is 0.258. The van der Waals surface area contributed by atoms with E-state index in [9.17, 15) is 4.79 Å². The highest BCUT2D eigenvalue weighted by Gasteiger charge is 2.25. The van der Waals surface area contributed by atoms with Crippen molar-refractivity contribution >= 4 is 11.9 Å². The number of aliphatic imine (C=N–C) groups is 1. The number of rotatable bonds is 3. The second-order valence-electron chi connectivity index (χ2n) is 5.05. The lowest BCUT2D eigenvalue weighted by molar-refractivity contribution is -0.133. The van der Waals surface area contributed by atoms with Gasteiger partial charge in [-0.15, -0.1) is 0 Å². The van der Waals surface area contributed by atoms with Crippen LogP contribution in [0.4, 0.5) is 0 Å². The molecule has 0 aromatic heterocycles. The van der Waals surface area contributed by atoms with Crippen LogP contribution < -0.4 is 10.6 Å². The Balaban J connectivity index is 1.71. The smallest absolute Gasteiger partial charge is 0.222 e. The normalized spacial score (nSPS) is 26.0. The summed E-state index contributed by atoms with van der Waals surface area (Å²) >= 11 is 0. The Morgan fingerprint density at radius 2 is 2.24 bits per heavy atom. The van der Waals surface area contributed by atoms with Gasteiger partial charge in [0.15, 0.2) is 5.96 Å². The van der Waals surface area contributed by atoms with Crippen LogP contribution in [0.1, 0.15) is 25.7 Å². The number of carbonyl (C=O) groups excluding carboxylic acids is 1. The average molecular weight is 238 g/mol. The minimum Gasteiger partial charge on any atom is -0.356 e. The fourth-order valence-electron chi connectivity index (χ4n) is 2.04. The molecule has 1 heterocycles. The standard InChI is InChI=1S/C12H22N4O/c1-13-12(15-10-3-4-10)14-8-9-5-6-16(2)11(17)7-9/h9-10H,3-8H2,1-2H3,(H2,13,14,15). The minimum atomic E-state index is 0.258. The lowest BCUT2D eigenvalue weighted by atomic mass is 9.96. The van der Waals surface area contributed by atoms with Crippen LogP contribution >= 0.6 is 0 Å². The Hall–Kier alpha value is -1.26. The van der Waals surface area contributed by atoms with E-state index in [1.165, 1.54) is 12.8 Å². The number of hydrogen-bond acceptors (Lipinski definition) is 2. The van der Waals surface area contributed by atoms with Crippen molar-refractivity contribution in [3.63, 3.8) is 0 Å². The summed E-state index contributed by atoms with van der Waals surface area (Å²) in [6.07, 6.45) is 4.22. The fraction of sp³-hybridized carbons (Fsp3) is 0.833. The van der Waals surface area contributed by atoms with E-state index in [0.717, 1.165) is 25.5 Å². The van der Waals surface area contributed by atoms with Crippen molar-refractivity contribution < 1.29 is 4.79 Å². The summed E-state index contributed by atoms with van der Waals surface area (Å²) in [5.74, 6) is 1.57. The highest BCUT2D eigenvalue weighted by Crippen LogP contribution is 2.19. The van der Waals surface area contributed by atoms with Crippen LogP contribution in [0, 0.1) is 5.92 Å². The SMILES string of the molecule is CN=C(NCC1CCN(C)C(=O)C1)NC1CC1. The first-order valence-corrected chi connectivity index (χ1v) is 6.40. The van der Waals surface area contributed by atoms with Gasteiger partial charge in [-0.2, -0.15) is 0 Å². The zero-order valence-electron chi connectivity index (χ0n) is 10.7. The summed E-state index contributed by atoms with van der Waals surface area (Å²) in [5.41, 5.74) is 0. The van der Waals surface area contributed by atoms with Gasteiger partial charge in [-0.3, -0.25) is 9.79 Å². The molecular weight excluding hydrogens is 216 g/mol. The molecule has 5 nitrogen and oxygen atoms in total. The summed E-state index contributed by atoms with van der Waals surface area (Å²) in [6.45, 7) is 1.71. The van der Waals surface area contributed by atoms with Crippen molar-refractivity contribution in [3.8, 4) is 0 Å². The predicted octanol–water partition coefficient (Wildman–Crippen LogP) is 0.182. The van der Waals surface area contributed by atoms with Crippen molar-refractivity contribution in [1.29, 1.82) is 0 Å². The molecule has 5 heteroatoms. The highest BCUT2D eigenvalue weighted by molar-refractivity contribution is 5.80. The van der Waals surface area contributed by atoms with Gasteiger partial charge in [0, 0.05) is 39.6 Å². The van der Waals surface area contributed by atoms with Crippen LogP contribution in [0.2, 0.25) is 0 Å². The van der Waals surface area contributed by atoms with Gasteiger partial charge in [0.25, 0.3) is 0 Å². The van der Waals surface area contributed by atoms with Gasteiger partial charge in [0.1, 0.15) is 0 Å². The molecule has 2 fully saturated rings. The fourth-order valence-corrected chi connectivity index (χ4v) is 2.04. The zero-order chi connectivity index (χ0) is 12.3. The first-order chi connectivity index (χ1) is 8.19. The number of hydrogen-bond donors (Lipinski definition) is 2. The summed E-state index contributed by atoms with van der Waals surface area (Å²) in [4.78, 5) is 17.6. The molecular formula is C12H22N4O. The second-order valence-corrected chi connectivity index (χ2v) is 5.05. The Kier molecular flexibility index (Phi) is 3.86. The summed E-state index contributed by atoms with van der Waals surface area (Å²) in [6, 6.07) is 0.611. The second kappa shape index (κ2) is 5.38. The molecule has 2 N–H and O–H groups in total. The lowest BCUT2D eigenvalue weighted by Gasteiger charge is -2.29. The average Bonchev–Trinajstić information content (AvgIpc) is 3.12. The molecule has 2 rings (SSSR count). The van der Waals surface area contributed by atoms with Gasteiger partial charge in [-0.05, 0) is 25.2 Å². The molecule has 1 aliphatic heterocycles. The Morgan fingerprint density at radius 3 is 2.82 bits per heavy atom. The van der Waals surface area contributed by atoms with Crippen LogP contribution in [-0.4, -0.2) is 50.0 Å². The zero-order valence-corrected chi connectivity index (χ0v) is 10.7. The maximum atomic E-state index is 11.6. The molecule has 1 unspecified atom stereocenters. The number of likely N-dealkylation sites (tertiary alicyclic amines) is 1. The number of guanidine groups is 1. The van der Waals surface area contributed by atoms with Gasteiger partial charge in [0.2, 0.25) is 5.91 Å². The third kappa shape index (κ3) is 3.61. The third-order valence-electron chi connectivity index (χ3n) is 3.46. The largest absolute Gasteiger partial charge is 0.356 e. The molecule has 1 amide bonds. The molecule has 1 saturated carbocycles. The molecule has 0 spiro atoms. The van der Waals surface area contributed by atoms with Crippen LogP contribution in [-0.2, 0) is 4.79 Å². The van der Waals surface area contributed by atoms with Gasteiger partial charge >= 0.3 is 0 Å². The summed E-state index contributed by atoms with van der Waals surface area (Å²) in [7, 11) is 3.66. The van der Waals surface area contributed by atoms with E-state index in [1.807, 2.05) is 11.9 Å². The van der Waals surface area contributed by atoms with Crippen molar-refractivity contribution in [2.75, 3.05) is 27.2 Å². The molecule has 17 heavy (non-hydrogen) atoms. The lowest BCUT2D eigenvalue weighted by Crippen LogP contribution is -2.44. The van der Waals surface area contributed by atoms with Gasteiger partial charge in [-0.25, -0.2) is 0 Å². The van der Waals surface area contributed by atoms with E-state index in [4.69, 9.17) is 0 Å². The number of amides is 1. The van der Waals surface area contributed by atoms with Gasteiger partial charge in [0.05, 0.1) is 0 Å². The quantitative estimate of drug-likeness (QED) is 0.545. The molecule has 0 aromatic carbocycles. The molecule has 0 bridgehead atoms. The van der Waals surface area contributed by atoms with Crippen LogP contribution in [0.25, 0.3) is 0 Å². The van der Waals surface area contributed by atoms with Gasteiger partial charge < -0.3 is 15.5 Å². The van der Waals surface area contributed by atoms with Gasteiger partial charge in [-0.1, -0.05) is 0 Å².